The minimum Gasteiger partial charge on any atom is -0.493 e. The third kappa shape index (κ3) is 7.20. The van der Waals surface area contributed by atoms with Gasteiger partial charge in [0, 0.05) is 18.3 Å². The zero-order chi connectivity index (χ0) is 19.6. The van der Waals surface area contributed by atoms with Crippen molar-refractivity contribution in [3.05, 3.63) is 53.6 Å². The van der Waals surface area contributed by atoms with Crippen LogP contribution in [-0.2, 0) is 13.1 Å². The summed E-state index contributed by atoms with van der Waals surface area (Å²) >= 11 is 0. The van der Waals surface area contributed by atoms with Crippen LogP contribution in [0.15, 0.2) is 47.5 Å². The number of ether oxygens (including phenoxy) is 2. The molecule has 0 aliphatic carbocycles. The molecule has 0 atom stereocenters. The molecule has 7 heteroatoms. The molecule has 0 spiro atoms. The lowest BCUT2D eigenvalue weighted by molar-refractivity contribution is 0.296. The second-order valence-electron chi connectivity index (χ2n) is 6.17. The molecular formula is C21H31IN4O2. The average molecular weight is 498 g/mol. The van der Waals surface area contributed by atoms with Crippen LogP contribution in [-0.4, -0.2) is 38.2 Å². The molecule has 2 aromatic carbocycles. The summed E-state index contributed by atoms with van der Waals surface area (Å²) in [6, 6.07) is 14.0. The molecule has 0 unspecified atom stereocenters. The molecule has 0 saturated heterocycles. The van der Waals surface area contributed by atoms with Crippen LogP contribution in [0.25, 0.3) is 0 Å². The van der Waals surface area contributed by atoms with Crippen molar-refractivity contribution in [3.8, 4) is 11.5 Å². The van der Waals surface area contributed by atoms with Crippen LogP contribution in [0.3, 0.4) is 0 Å². The molecule has 0 saturated carbocycles. The van der Waals surface area contributed by atoms with Crippen molar-refractivity contribution in [2.24, 2.45) is 10.7 Å². The summed E-state index contributed by atoms with van der Waals surface area (Å²) in [7, 11) is 3.21. The molecule has 0 heterocycles. The Morgan fingerprint density at radius 1 is 0.964 bits per heavy atom. The van der Waals surface area contributed by atoms with Crippen LogP contribution in [0.2, 0.25) is 0 Å². The number of benzene rings is 2. The summed E-state index contributed by atoms with van der Waals surface area (Å²) in [5, 5.41) is 3.08. The molecule has 0 aliphatic rings. The van der Waals surface area contributed by atoms with Crippen LogP contribution < -0.4 is 20.5 Å². The van der Waals surface area contributed by atoms with E-state index >= 15 is 0 Å². The molecule has 0 bridgehead atoms. The SMILES string of the molecule is CCN(CC)Cc1ccc(CN=C(N)Nc2ccc(OC)c(OC)c2)cc1.I. The Hall–Kier alpha value is -2.00. The Morgan fingerprint density at radius 2 is 1.57 bits per heavy atom. The fourth-order valence-corrected chi connectivity index (χ4v) is 2.73. The van der Waals surface area contributed by atoms with Gasteiger partial charge in [0.25, 0.3) is 0 Å². The zero-order valence-electron chi connectivity index (χ0n) is 17.1. The van der Waals surface area contributed by atoms with Gasteiger partial charge in [0.05, 0.1) is 20.8 Å². The maximum absolute atomic E-state index is 6.01. The highest BCUT2D eigenvalue weighted by molar-refractivity contribution is 14.0. The topological polar surface area (TPSA) is 72.1 Å². The van der Waals surface area contributed by atoms with E-state index < -0.39 is 0 Å². The summed E-state index contributed by atoms with van der Waals surface area (Å²) < 4.78 is 10.5. The van der Waals surface area contributed by atoms with Gasteiger partial charge < -0.3 is 20.5 Å². The Labute approximate surface area is 185 Å². The van der Waals surface area contributed by atoms with Gasteiger partial charge in [-0.05, 0) is 36.3 Å². The van der Waals surface area contributed by atoms with E-state index in [4.69, 9.17) is 15.2 Å². The van der Waals surface area contributed by atoms with Gasteiger partial charge in [-0.25, -0.2) is 4.99 Å². The van der Waals surface area contributed by atoms with Crippen molar-refractivity contribution >= 4 is 35.6 Å². The van der Waals surface area contributed by atoms with Crippen LogP contribution in [0.1, 0.15) is 25.0 Å². The van der Waals surface area contributed by atoms with E-state index in [-0.39, 0.29) is 24.0 Å². The number of guanidine groups is 1. The second kappa shape index (κ2) is 12.5. The number of hydrogen-bond acceptors (Lipinski definition) is 4. The summed E-state index contributed by atoms with van der Waals surface area (Å²) in [5.74, 6) is 1.66. The van der Waals surface area contributed by atoms with Crippen molar-refractivity contribution in [1.82, 2.24) is 4.90 Å². The quantitative estimate of drug-likeness (QED) is 0.310. The first-order valence-corrected chi connectivity index (χ1v) is 9.18. The molecule has 2 aromatic rings. The van der Waals surface area contributed by atoms with Crippen molar-refractivity contribution in [3.63, 3.8) is 0 Å². The van der Waals surface area contributed by atoms with E-state index in [1.165, 1.54) is 5.56 Å². The van der Waals surface area contributed by atoms with E-state index in [0.29, 0.717) is 24.0 Å². The number of nitrogens with two attached hydrogens (primary N) is 1. The summed E-state index contributed by atoms with van der Waals surface area (Å²) in [5.41, 5.74) is 9.23. The summed E-state index contributed by atoms with van der Waals surface area (Å²) in [4.78, 5) is 6.80. The van der Waals surface area contributed by atoms with Gasteiger partial charge in [0.15, 0.2) is 17.5 Å². The highest BCUT2D eigenvalue weighted by Crippen LogP contribution is 2.29. The minimum atomic E-state index is 0. The van der Waals surface area contributed by atoms with Gasteiger partial charge in [0.2, 0.25) is 0 Å². The predicted molar refractivity (Wildman–Crippen MR) is 127 cm³/mol. The monoisotopic (exact) mass is 498 g/mol. The highest BCUT2D eigenvalue weighted by Gasteiger charge is 2.05. The molecule has 28 heavy (non-hydrogen) atoms. The maximum Gasteiger partial charge on any atom is 0.193 e. The van der Waals surface area contributed by atoms with E-state index in [0.717, 1.165) is 30.9 Å². The van der Waals surface area contributed by atoms with Gasteiger partial charge in [-0.2, -0.15) is 0 Å². The van der Waals surface area contributed by atoms with Crippen LogP contribution in [0.4, 0.5) is 5.69 Å². The van der Waals surface area contributed by atoms with Gasteiger partial charge >= 0.3 is 0 Å². The number of rotatable bonds is 9. The Morgan fingerprint density at radius 3 is 2.14 bits per heavy atom. The third-order valence-electron chi connectivity index (χ3n) is 4.41. The molecule has 0 aliphatic heterocycles. The van der Waals surface area contributed by atoms with Crippen molar-refractivity contribution in [2.75, 3.05) is 32.6 Å². The first kappa shape index (κ1) is 24.0. The van der Waals surface area contributed by atoms with E-state index in [1.807, 2.05) is 18.2 Å². The van der Waals surface area contributed by atoms with Gasteiger partial charge in [-0.3, -0.25) is 4.90 Å². The molecule has 0 amide bonds. The molecule has 3 N–H and O–H groups in total. The molecule has 154 valence electrons. The fourth-order valence-electron chi connectivity index (χ4n) is 2.73. The smallest absolute Gasteiger partial charge is 0.193 e. The largest absolute Gasteiger partial charge is 0.493 e. The van der Waals surface area contributed by atoms with E-state index in [1.54, 1.807) is 14.2 Å². The van der Waals surface area contributed by atoms with Crippen LogP contribution >= 0.6 is 24.0 Å². The van der Waals surface area contributed by atoms with E-state index in [9.17, 15) is 0 Å². The molecule has 0 aromatic heterocycles. The van der Waals surface area contributed by atoms with Crippen molar-refractivity contribution in [2.45, 2.75) is 26.9 Å². The number of hydrogen-bond donors (Lipinski definition) is 2. The van der Waals surface area contributed by atoms with Gasteiger partial charge in [-0.1, -0.05) is 38.1 Å². The zero-order valence-corrected chi connectivity index (χ0v) is 19.4. The lowest BCUT2D eigenvalue weighted by atomic mass is 10.1. The van der Waals surface area contributed by atoms with Crippen molar-refractivity contribution in [1.29, 1.82) is 0 Å². The molecular weight excluding hydrogens is 467 g/mol. The Kier molecular flexibility index (Phi) is 10.7. The fraction of sp³-hybridized carbons (Fsp3) is 0.381. The predicted octanol–water partition coefficient (Wildman–Crippen LogP) is 4.09. The lowest BCUT2D eigenvalue weighted by Crippen LogP contribution is -2.22. The minimum absolute atomic E-state index is 0. The highest BCUT2D eigenvalue weighted by atomic mass is 127. The molecule has 6 nitrogen and oxygen atoms in total. The Bertz CT molecular complexity index is 747. The number of halogens is 1. The molecule has 2 rings (SSSR count). The lowest BCUT2D eigenvalue weighted by Gasteiger charge is -2.18. The summed E-state index contributed by atoms with van der Waals surface area (Å²) in [6.45, 7) is 7.97. The van der Waals surface area contributed by atoms with Gasteiger partial charge in [-0.15, -0.1) is 24.0 Å². The summed E-state index contributed by atoms with van der Waals surface area (Å²) in [6.07, 6.45) is 0. The number of methoxy groups -OCH3 is 2. The number of nitrogens with zero attached hydrogens (tertiary/aromatic N) is 2. The Balaban J connectivity index is 0.00000392. The van der Waals surface area contributed by atoms with E-state index in [2.05, 4.69) is 53.3 Å². The molecule has 0 fully saturated rings. The first-order chi connectivity index (χ1) is 13.1. The normalized spacial score (nSPS) is 11.1. The van der Waals surface area contributed by atoms with Crippen molar-refractivity contribution < 1.29 is 9.47 Å². The first-order valence-electron chi connectivity index (χ1n) is 9.18. The van der Waals surface area contributed by atoms with Crippen LogP contribution in [0.5, 0.6) is 11.5 Å². The average Bonchev–Trinajstić information content (AvgIpc) is 2.71. The van der Waals surface area contributed by atoms with Gasteiger partial charge in [0.1, 0.15) is 0 Å². The third-order valence-corrected chi connectivity index (χ3v) is 4.41. The second-order valence-corrected chi connectivity index (χ2v) is 6.17. The number of nitrogens with one attached hydrogen (secondary N) is 1. The van der Waals surface area contributed by atoms with Crippen LogP contribution in [0, 0.1) is 0 Å². The standard InChI is InChI=1S/C21H30N4O2.HI/c1-5-25(6-2)15-17-9-7-16(8-10-17)14-23-21(22)24-18-11-12-19(26-3)20(13-18)27-4;/h7-13H,5-6,14-15H2,1-4H3,(H3,22,23,24);1H. The number of anilines is 1. The molecule has 0 radical (unpaired) electrons. The number of aliphatic imine (C=N–C) groups is 1. The maximum atomic E-state index is 6.01.